The molecule has 0 aliphatic rings. The molecule has 0 heterocycles. The van der Waals surface area contributed by atoms with Gasteiger partial charge in [-0.15, -0.1) is 0 Å². The predicted octanol–water partition coefficient (Wildman–Crippen LogP) is 2.41. The molecule has 2 amide bonds. The van der Waals surface area contributed by atoms with E-state index in [1.54, 1.807) is 13.2 Å². The van der Waals surface area contributed by atoms with Gasteiger partial charge in [0.15, 0.2) is 0 Å². The van der Waals surface area contributed by atoms with E-state index in [9.17, 15) is 14.3 Å². The molecule has 0 spiro atoms. The standard InChI is InChI=1S/C18H21FN2O3/c1-24-16-7-5-13(6-8-16)9-10-20-18(23)21-12-17(22)14-3-2-4-15(19)11-14/h2-8,11,17,22H,9-10,12H2,1H3,(H2,20,21,23)/t17-/m0/s1. The first kappa shape index (κ1) is 17.7. The van der Waals surface area contributed by atoms with Crippen LogP contribution >= 0.6 is 0 Å². The van der Waals surface area contributed by atoms with Crippen molar-refractivity contribution in [3.05, 3.63) is 65.5 Å². The van der Waals surface area contributed by atoms with E-state index in [1.807, 2.05) is 24.3 Å². The normalized spacial score (nSPS) is 11.6. The Labute approximate surface area is 140 Å². The Morgan fingerprint density at radius 1 is 1.21 bits per heavy atom. The lowest BCUT2D eigenvalue weighted by Gasteiger charge is -2.13. The van der Waals surface area contributed by atoms with Crippen LogP contribution in [0.1, 0.15) is 17.2 Å². The number of carbonyl (C=O) groups is 1. The van der Waals surface area contributed by atoms with Crippen molar-refractivity contribution in [2.45, 2.75) is 12.5 Å². The van der Waals surface area contributed by atoms with Gasteiger partial charge in [0.05, 0.1) is 13.2 Å². The molecule has 2 aromatic rings. The maximum Gasteiger partial charge on any atom is 0.314 e. The van der Waals surface area contributed by atoms with Gasteiger partial charge in [0, 0.05) is 13.1 Å². The molecule has 0 fully saturated rings. The van der Waals surface area contributed by atoms with Gasteiger partial charge in [-0.05, 0) is 41.8 Å². The molecule has 0 saturated heterocycles. The van der Waals surface area contributed by atoms with Crippen LogP contribution in [0.15, 0.2) is 48.5 Å². The second-order valence-electron chi connectivity index (χ2n) is 5.31. The quantitative estimate of drug-likeness (QED) is 0.729. The third kappa shape index (κ3) is 5.55. The molecule has 6 heteroatoms. The van der Waals surface area contributed by atoms with Gasteiger partial charge in [0.1, 0.15) is 11.6 Å². The number of nitrogens with one attached hydrogen (secondary N) is 2. The lowest BCUT2D eigenvalue weighted by atomic mass is 10.1. The molecular weight excluding hydrogens is 311 g/mol. The highest BCUT2D eigenvalue weighted by molar-refractivity contribution is 5.73. The van der Waals surface area contributed by atoms with E-state index < -0.39 is 11.9 Å². The first-order valence-electron chi connectivity index (χ1n) is 7.66. The van der Waals surface area contributed by atoms with E-state index in [0.717, 1.165) is 11.3 Å². The third-order valence-electron chi connectivity index (χ3n) is 3.55. The molecule has 2 aromatic carbocycles. The highest BCUT2D eigenvalue weighted by Crippen LogP contribution is 2.13. The number of aliphatic hydroxyl groups excluding tert-OH is 1. The fourth-order valence-corrected chi connectivity index (χ4v) is 2.20. The summed E-state index contributed by atoms with van der Waals surface area (Å²) in [6.45, 7) is 0.478. The second-order valence-corrected chi connectivity index (χ2v) is 5.31. The van der Waals surface area contributed by atoms with Crippen molar-refractivity contribution in [1.82, 2.24) is 10.6 Å². The molecule has 0 aliphatic heterocycles. The Balaban J connectivity index is 1.69. The highest BCUT2D eigenvalue weighted by Gasteiger charge is 2.09. The molecule has 2 rings (SSSR count). The lowest BCUT2D eigenvalue weighted by molar-refractivity contribution is 0.173. The topological polar surface area (TPSA) is 70.6 Å². The molecule has 0 unspecified atom stereocenters. The fraction of sp³-hybridized carbons (Fsp3) is 0.278. The van der Waals surface area contributed by atoms with Gasteiger partial charge in [0.25, 0.3) is 0 Å². The highest BCUT2D eigenvalue weighted by atomic mass is 19.1. The first-order chi connectivity index (χ1) is 11.6. The van der Waals surface area contributed by atoms with Gasteiger partial charge in [0.2, 0.25) is 0 Å². The zero-order chi connectivity index (χ0) is 17.4. The van der Waals surface area contributed by atoms with Crippen molar-refractivity contribution in [3.8, 4) is 5.75 Å². The summed E-state index contributed by atoms with van der Waals surface area (Å²) in [6, 6.07) is 12.9. The van der Waals surface area contributed by atoms with Crippen molar-refractivity contribution in [2.24, 2.45) is 0 Å². The molecule has 1 atom stereocenters. The summed E-state index contributed by atoms with van der Waals surface area (Å²) >= 11 is 0. The number of halogens is 1. The molecule has 5 nitrogen and oxygen atoms in total. The van der Waals surface area contributed by atoms with E-state index in [2.05, 4.69) is 10.6 Å². The van der Waals surface area contributed by atoms with Crippen molar-refractivity contribution in [3.63, 3.8) is 0 Å². The zero-order valence-electron chi connectivity index (χ0n) is 13.5. The summed E-state index contributed by atoms with van der Waals surface area (Å²) < 4.78 is 18.2. The number of aliphatic hydroxyl groups is 1. The van der Waals surface area contributed by atoms with Gasteiger partial charge in [-0.2, -0.15) is 0 Å². The minimum atomic E-state index is -0.951. The van der Waals surface area contributed by atoms with Gasteiger partial charge < -0.3 is 20.5 Å². The number of hydrogen-bond acceptors (Lipinski definition) is 3. The monoisotopic (exact) mass is 332 g/mol. The average molecular weight is 332 g/mol. The Kier molecular flexibility index (Phi) is 6.57. The van der Waals surface area contributed by atoms with Crippen molar-refractivity contribution in [2.75, 3.05) is 20.2 Å². The Morgan fingerprint density at radius 2 is 1.96 bits per heavy atom. The van der Waals surface area contributed by atoms with Crippen LogP contribution in [0.3, 0.4) is 0 Å². The number of ether oxygens (including phenoxy) is 1. The Morgan fingerprint density at radius 3 is 2.62 bits per heavy atom. The number of rotatable bonds is 7. The molecule has 0 aromatic heterocycles. The minimum absolute atomic E-state index is 0.0117. The van der Waals surface area contributed by atoms with E-state index in [0.29, 0.717) is 18.5 Å². The van der Waals surface area contributed by atoms with Crippen LogP contribution in [-0.4, -0.2) is 31.3 Å². The molecule has 0 bridgehead atoms. The van der Waals surface area contributed by atoms with Gasteiger partial charge in [-0.25, -0.2) is 9.18 Å². The predicted molar refractivity (Wildman–Crippen MR) is 89.5 cm³/mol. The number of methoxy groups -OCH3 is 1. The van der Waals surface area contributed by atoms with E-state index >= 15 is 0 Å². The van der Waals surface area contributed by atoms with E-state index in [4.69, 9.17) is 4.74 Å². The van der Waals surface area contributed by atoms with Crippen LogP contribution < -0.4 is 15.4 Å². The number of carbonyl (C=O) groups excluding carboxylic acids is 1. The fourth-order valence-electron chi connectivity index (χ4n) is 2.20. The largest absolute Gasteiger partial charge is 0.497 e. The smallest absolute Gasteiger partial charge is 0.314 e. The van der Waals surface area contributed by atoms with Crippen LogP contribution in [-0.2, 0) is 6.42 Å². The maximum atomic E-state index is 13.1. The number of urea groups is 1. The van der Waals surface area contributed by atoms with E-state index in [-0.39, 0.29) is 12.6 Å². The molecule has 3 N–H and O–H groups in total. The van der Waals surface area contributed by atoms with Crippen molar-refractivity contribution < 1.29 is 19.0 Å². The van der Waals surface area contributed by atoms with Crippen LogP contribution in [0.5, 0.6) is 5.75 Å². The minimum Gasteiger partial charge on any atom is -0.497 e. The summed E-state index contributed by atoms with van der Waals surface area (Å²) in [5, 5.41) is 15.2. The molecule has 0 aliphatic carbocycles. The average Bonchev–Trinajstić information content (AvgIpc) is 2.60. The maximum absolute atomic E-state index is 13.1. The first-order valence-corrected chi connectivity index (χ1v) is 7.66. The number of hydrogen-bond donors (Lipinski definition) is 3. The molecule has 0 radical (unpaired) electrons. The SMILES string of the molecule is COc1ccc(CCNC(=O)NC[C@H](O)c2cccc(F)c2)cc1. The summed E-state index contributed by atoms with van der Waals surface area (Å²) in [6.07, 6.45) is -0.267. The van der Waals surface area contributed by atoms with Gasteiger partial charge in [-0.1, -0.05) is 24.3 Å². The summed E-state index contributed by atoms with van der Waals surface area (Å²) in [5.74, 6) is 0.367. The van der Waals surface area contributed by atoms with E-state index in [1.165, 1.54) is 18.2 Å². The van der Waals surface area contributed by atoms with Crippen LogP contribution in [0.2, 0.25) is 0 Å². The van der Waals surface area contributed by atoms with Gasteiger partial charge >= 0.3 is 6.03 Å². The molecule has 0 saturated carbocycles. The molecule has 24 heavy (non-hydrogen) atoms. The van der Waals surface area contributed by atoms with Crippen molar-refractivity contribution >= 4 is 6.03 Å². The molecule has 128 valence electrons. The number of amides is 2. The third-order valence-corrected chi connectivity index (χ3v) is 3.55. The number of benzene rings is 2. The summed E-state index contributed by atoms with van der Waals surface area (Å²) in [7, 11) is 1.61. The van der Waals surface area contributed by atoms with Crippen LogP contribution in [0.4, 0.5) is 9.18 Å². The Hall–Kier alpha value is -2.60. The summed E-state index contributed by atoms with van der Waals surface area (Å²) in [4.78, 5) is 11.7. The Bertz CT molecular complexity index is 662. The van der Waals surface area contributed by atoms with Crippen molar-refractivity contribution in [1.29, 1.82) is 0 Å². The van der Waals surface area contributed by atoms with Gasteiger partial charge in [-0.3, -0.25) is 0 Å². The second kappa shape index (κ2) is 8.88. The van der Waals surface area contributed by atoms with Crippen LogP contribution in [0.25, 0.3) is 0 Å². The zero-order valence-corrected chi connectivity index (χ0v) is 13.5. The lowest BCUT2D eigenvalue weighted by Crippen LogP contribution is -2.38. The molecular formula is C18H21FN2O3. The van der Waals surface area contributed by atoms with Crippen LogP contribution in [0, 0.1) is 5.82 Å². The summed E-state index contributed by atoms with van der Waals surface area (Å²) in [5.41, 5.74) is 1.50.